The first-order valence-electron chi connectivity index (χ1n) is 10.4. The van der Waals surface area contributed by atoms with Crippen molar-refractivity contribution in [1.29, 1.82) is 0 Å². The Morgan fingerprint density at radius 1 is 0.938 bits per heavy atom. The zero-order chi connectivity index (χ0) is 21.9. The SMILES string of the molecule is Cc1nc2ccccc2c(-c2ccccc2)c1CC(=O)Nc1ccccc1-n1ccnn1. The van der Waals surface area contributed by atoms with Gasteiger partial charge in [-0.05, 0) is 41.8 Å². The minimum Gasteiger partial charge on any atom is -0.324 e. The van der Waals surface area contributed by atoms with E-state index in [2.05, 4.69) is 33.8 Å². The molecule has 32 heavy (non-hydrogen) atoms. The van der Waals surface area contributed by atoms with E-state index in [0.717, 1.165) is 39.0 Å². The summed E-state index contributed by atoms with van der Waals surface area (Å²) in [7, 11) is 0. The van der Waals surface area contributed by atoms with Gasteiger partial charge in [0.2, 0.25) is 5.91 Å². The largest absolute Gasteiger partial charge is 0.324 e. The van der Waals surface area contributed by atoms with Crippen LogP contribution in [-0.4, -0.2) is 25.9 Å². The summed E-state index contributed by atoms with van der Waals surface area (Å²) in [6.07, 6.45) is 3.56. The third-order valence-electron chi connectivity index (χ3n) is 5.45. The lowest BCUT2D eigenvalue weighted by Gasteiger charge is -2.16. The number of carbonyl (C=O) groups is 1. The molecule has 6 nitrogen and oxygen atoms in total. The summed E-state index contributed by atoms with van der Waals surface area (Å²) in [5.41, 5.74) is 6.25. The minimum absolute atomic E-state index is 0.116. The monoisotopic (exact) mass is 419 g/mol. The molecule has 0 aliphatic heterocycles. The molecule has 0 spiro atoms. The first kappa shape index (κ1) is 19.6. The van der Waals surface area contributed by atoms with Gasteiger partial charge in [0.05, 0.1) is 35.7 Å². The Morgan fingerprint density at radius 3 is 2.50 bits per heavy atom. The summed E-state index contributed by atoms with van der Waals surface area (Å²) in [5.74, 6) is -0.116. The highest BCUT2D eigenvalue weighted by molar-refractivity contribution is 6.00. The number of anilines is 1. The fourth-order valence-electron chi connectivity index (χ4n) is 4.00. The maximum atomic E-state index is 13.2. The Labute approximate surface area is 185 Å². The van der Waals surface area contributed by atoms with Crippen LogP contribution in [0.5, 0.6) is 0 Å². The van der Waals surface area contributed by atoms with Gasteiger partial charge in [-0.3, -0.25) is 9.78 Å². The van der Waals surface area contributed by atoms with Crippen molar-refractivity contribution in [2.75, 3.05) is 5.32 Å². The lowest BCUT2D eigenvalue weighted by molar-refractivity contribution is -0.115. The molecule has 0 atom stereocenters. The summed E-state index contributed by atoms with van der Waals surface area (Å²) in [6.45, 7) is 1.96. The van der Waals surface area contributed by atoms with Crippen LogP contribution < -0.4 is 5.32 Å². The van der Waals surface area contributed by atoms with Gasteiger partial charge < -0.3 is 5.32 Å². The van der Waals surface area contributed by atoms with Crippen molar-refractivity contribution < 1.29 is 4.79 Å². The topological polar surface area (TPSA) is 72.7 Å². The van der Waals surface area contributed by atoms with Gasteiger partial charge in [0, 0.05) is 11.1 Å². The minimum atomic E-state index is -0.116. The molecule has 156 valence electrons. The van der Waals surface area contributed by atoms with Crippen LogP contribution in [0.2, 0.25) is 0 Å². The van der Waals surface area contributed by atoms with Crippen LogP contribution in [0.25, 0.3) is 27.7 Å². The van der Waals surface area contributed by atoms with Gasteiger partial charge in [-0.2, -0.15) is 0 Å². The fourth-order valence-corrected chi connectivity index (χ4v) is 4.00. The number of aromatic nitrogens is 4. The number of rotatable bonds is 5. The molecule has 5 aromatic rings. The number of hydrogen-bond acceptors (Lipinski definition) is 4. The summed E-state index contributed by atoms with van der Waals surface area (Å²) < 4.78 is 1.63. The summed E-state index contributed by atoms with van der Waals surface area (Å²) >= 11 is 0. The molecule has 5 rings (SSSR count). The summed E-state index contributed by atoms with van der Waals surface area (Å²) in [5, 5.41) is 12.0. The Kier molecular flexibility index (Phi) is 5.17. The lowest BCUT2D eigenvalue weighted by Crippen LogP contribution is -2.17. The maximum absolute atomic E-state index is 13.2. The molecule has 0 saturated carbocycles. The summed E-state index contributed by atoms with van der Waals surface area (Å²) in [6, 6.07) is 25.8. The number of aryl methyl sites for hydroxylation is 1. The quantitative estimate of drug-likeness (QED) is 0.436. The second kappa shape index (κ2) is 8.43. The molecule has 1 amide bonds. The molecule has 1 N–H and O–H groups in total. The lowest BCUT2D eigenvalue weighted by atomic mass is 9.92. The van der Waals surface area contributed by atoms with Crippen LogP contribution in [0.1, 0.15) is 11.3 Å². The molecule has 0 radical (unpaired) electrons. The van der Waals surface area contributed by atoms with Crippen LogP contribution in [-0.2, 0) is 11.2 Å². The van der Waals surface area contributed by atoms with Crippen LogP contribution in [0.3, 0.4) is 0 Å². The zero-order valence-corrected chi connectivity index (χ0v) is 17.6. The molecule has 0 saturated heterocycles. The van der Waals surface area contributed by atoms with Gasteiger partial charge in [-0.1, -0.05) is 65.9 Å². The van der Waals surface area contributed by atoms with E-state index in [0.29, 0.717) is 5.69 Å². The average Bonchev–Trinajstić information content (AvgIpc) is 3.35. The number of para-hydroxylation sites is 3. The van der Waals surface area contributed by atoms with E-state index in [-0.39, 0.29) is 12.3 Å². The molecule has 0 aliphatic rings. The Hall–Kier alpha value is -4.32. The predicted molar refractivity (Wildman–Crippen MR) is 126 cm³/mol. The Morgan fingerprint density at radius 2 is 1.69 bits per heavy atom. The highest BCUT2D eigenvalue weighted by Crippen LogP contribution is 2.33. The van der Waals surface area contributed by atoms with Crippen LogP contribution in [0.15, 0.2) is 91.3 Å². The predicted octanol–water partition coefficient (Wildman–Crippen LogP) is 4.97. The van der Waals surface area contributed by atoms with Crippen LogP contribution in [0.4, 0.5) is 5.69 Å². The van der Waals surface area contributed by atoms with E-state index >= 15 is 0 Å². The van der Waals surface area contributed by atoms with E-state index in [1.807, 2.05) is 67.6 Å². The van der Waals surface area contributed by atoms with Gasteiger partial charge in [0.15, 0.2) is 0 Å². The highest BCUT2D eigenvalue weighted by atomic mass is 16.1. The van der Waals surface area contributed by atoms with Crippen molar-refractivity contribution in [1.82, 2.24) is 20.0 Å². The number of benzene rings is 3. The van der Waals surface area contributed by atoms with Crippen molar-refractivity contribution in [2.24, 2.45) is 0 Å². The number of nitrogens with one attached hydrogen (secondary N) is 1. The second-order valence-electron chi connectivity index (χ2n) is 7.52. The third kappa shape index (κ3) is 3.74. The number of amides is 1. The van der Waals surface area contributed by atoms with Gasteiger partial charge in [0.25, 0.3) is 0 Å². The van der Waals surface area contributed by atoms with Crippen molar-refractivity contribution in [3.63, 3.8) is 0 Å². The molecular formula is C26H21N5O. The summed E-state index contributed by atoms with van der Waals surface area (Å²) in [4.78, 5) is 18.0. The molecular weight excluding hydrogens is 398 g/mol. The second-order valence-corrected chi connectivity index (χ2v) is 7.52. The van der Waals surface area contributed by atoms with E-state index in [1.54, 1.807) is 17.1 Å². The standard InChI is InChI=1S/C26H21N5O/c1-18-21(17-25(32)29-23-13-7-8-14-24(23)31-16-15-27-30-31)26(19-9-3-2-4-10-19)20-11-5-6-12-22(20)28-18/h2-16H,17H2,1H3,(H,29,32). The van der Waals surface area contributed by atoms with E-state index in [1.165, 1.54) is 0 Å². The number of fused-ring (bicyclic) bond motifs is 1. The van der Waals surface area contributed by atoms with Gasteiger partial charge in [-0.15, -0.1) is 5.10 Å². The van der Waals surface area contributed by atoms with Crippen molar-refractivity contribution in [2.45, 2.75) is 13.3 Å². The van der Waals surface area contributed by atoms with Gasteiger partial charge in [0.1, 0.15) is 0 Å². The molecule has 3 aromatic carbocycles. The highest BCUT2D eigenvalue weighted by Gasteiger charge is 2.18. The smallest absolute Gasteiger partial charge is 0.228 e. The first-order chi connectivity index (χ1) is 15.7. The molecule has 0 unspecified atom stereocenters. The van der Waals surface area contributed by atoms with Gasteiger partial charge >= 0.3 is 0 Å². The molecule has 2 aromatic heterocycles. The third-order valence-corrected chi connectivity index (χ3v) is 5.45. The first-order valence-corrected chi connectivity index (χ1v) is 10.4. The van der Waals surface area contributed by atoms with Crippen molar-refractivity contribution in [3.8, 4) is 16.8 Å². The van der Waals surface area contributed by atoms with E-state index in [9.17, 15) is 4.79 Å². The molecule has 6 heteroatoms. The van der Waals surface area contributed by atoms with Crippen LogP contribution >= 0.6 is 0 Å². The zero-order valence-electron chi connectivity index (χ0n) is 17.6. The Bertz CT molecular complexity index is 1390. The average molecular weight is 419 g/mol. The van der Waals surface area contributed by atoms with Crippen LogP contribution in [0, 0.1) is 6.92 Å². The van der Waals surface area contributed by atoms with Gasteiger partial charge in [-0.25, -0.2) is 4.68 Å². The van der Waals surface area contributed by atoms with Crippen molar-refractivity contribution in [3.05, 3.63) is 103 Å². The fraction of sp³-hybridized carbons (Fsp3) is 0.0769. The number of hydrogen-bond donors (Lipinski definition) is 1. The number of carbonyl (C=O) groups excluding carboxylic acids is 1. The Balaban J connectivity index is 1.54. The van der Waals surface area contributed by atoms with Crippen molar-refractivity contribution >= 4 is 22.5 Å². The van der Waals surface area contributed by atoms with E-state index in [4.69, 9.17) is 4.98 Å². The van der Waals surface area contributed by atoms with E-state index < -0.39 is 0 Å². The number of pyridine rings is 1. The molecule has 0 aliphatic carbocycles. The molecule has 0 fully saturated rings. The molecule has 2 heterocycles. The number of nitrogens with zero attached hydrogens (tertiary/aromatic N) is 4. The maximum Gasteiger partial charge on any atom is 0.228 e. The normalized spacial score (nSPS) is 10.9. The molecule has 0 bridgehead atoms.